The predicted octanol–water partition coefficient (Wildman–Crippen LogP) is 1.20. The van der Waals surface area contributed by atoms with Crippen molar-refractivity contribution in [3.8, 4) is 0 Å². The topological polar surface area (TPSA) is 46.2 Å². The smallest absolute Gasteiger partial charge is 0.159 e. The zero-order valence-electron chi connectivity index (χ0n) is 7.77. The summed E-state index contributed by atoms with van der Waals surface area (Å²) in [6, 6.07) is 3.83. The van der Waals surface area contributed by atoms with Gasteiger partial charge in [0, 0.05) is 11.4 Å². The van der Waals surface area contributed by atoms with Crippen LogP contribution in [0, 0.1) is 0 Å². The van der Waals surface area contributed by atoms with Crippen LogP contribution < -0.4 is 5.32 Å². The maximum Gasteiger partial charge on any atom is 0.159 e. The lowest BCUT2D eigenvalue weighted by atomic mass is 10.2. The molecule has 14 heavy (non-hydrogen) atoms. The minimum absolute atomic E-state index is 0.259. The van der Waals surface area contributed by atoms with Gasteiger partial charge in [-0.15, -0.1) is 11.3 Å². The lowest BCUT2D eigenvalue weighted by Gasteiger charge is -2.11. The van der Waals surface area contributed by atoms with Gasteiger partial charge in [0.05, 0.1) is 11.0 Å². The summed E-state index contributed by atoms with van der Waals surface area (Å²) in [5.74, 6) is 0.259. The van der Waals surface area contributed by atoms with Crippen molar-refractivity contribution in [2.24, 2.45) is 0 Å². The summed E-state index contributed by atoms with van der Waals surface area (Å²) in [6.07, 6.45) is 0.697. The van der Waals surface area contributed by atoms with Crippen molar-refractivity contribution in [3.63, 3.8) is 0 Å². The molecule has 3 nitrogen and oxygen atoms in total. The third-order valence-electron chi connectivity index (χ3n) is 2.44. The number of rotatable bonds is 1. The van der Waals surface area contributed by atoms with Gasteiger partial charge in [-0.25, -0.2) is 8.42 Å². The Kier molecular flexibility index (Phi) is 2.90. The van der Waals surface area contributed by atoms with Crippen molar-refractivity contribution in [1.82, 2.24) is 5.32 Å². The van der Waals surface area contributed by atoms with Gasteiger partial charge in [-0.1, -0.05) is 6.07 Å². The zero-order chi connectivity index (χ0) is 10.0. The van der Waals surface area contributed by atoms with Crippen LogP contribution in [-0.4, -0.2) is 27.3 Å². The van der Waals surface area contributed by atoms with Crippen molar-refractivity contribution in [1.29, 1.82) is 0 Å². The number of hydrogen-bond donors (Lipinski definition) is 1. The van der Waals surface area contributed by atoms with Gasteiger partial charge in [0.1, 0.15) is 0 Å². The van der Waals surface area contributed by atoms with E-state index in [2.05, 4.69) is 5.32 Å². The number of thiophene rings is 1. The van der Waals surface area contributed by atoms with E-state index in [9.17, 15) is 8.42 Å². The molecule has 78 valence electrons. The second-order valence-corrected chi connectivity index (χ2v) is 6.69. The minimum atomic E-state index is -2.94. The molecule has 1 atom stereocenters. The van der Waals surface area contributed by atoms with Crippen molar-refractivity contribution in [3.05, 3.63) is 22.4 Å². The van der Waals surface area contributed by atoms with E-state index < -0.39 is 9.84 Å². The Morgan fingerprint density at radius 1 is 1.43 bits per heavy atom. The largest absolute Gasteiger partial charge is 0.316 e. The molecule has 1 aliphatic heterocycles. The Hall–Kier alpha value is -0.390. The summed E-state index contributed by atoms with van der Waals surface area (Å²) in [5.41, 5.74) is 0. The molecule has 0 amide bonds. The highest BCUT2D eigenvalue weighted by Crippen LogP contribution is 2.30. The van der Waals surface area contributed by atoms with Gasteiger partial charge in [0.2, 0.25) is 0 Å². The fourth-order valence-corrected chi connectivity index (χ4v) is 4.66. The Morgan fingerprint density at radius 3 is 3.00 bits per heavy atom. The molecule has 1 fully saturated rings. The number of nitrogens with one attached hydrogen (secondary N) is 1. The van der Waals surface area contributed by atoms with E-state index in [1.54, 1.807) is 0 Å². The van der Waals surface area contributed by atoms with Crippen molar-refractivity contribution in [2.75, 3.05) is 18.8 Å². The van der Waals surface area contributed by atoms with Crippen LogP contribution in [0.4, 0.5) is 0 Å². The molecule has 0 spiro atoms. The first-order valence-corrected chi connectivity index (χ1v) is 7.25. The van der Waals surface area contributed by atoms with Crippen molar-refractivity contribution >= 4 is 21.2 Å². The van der Waals surface area contributed by atoms with E-state index >= 15 is 0 Å². The highest BCUT2D eigenvalue weighted by molar-refractivity contribution is 7.91. The van der Waals surface area contributed by atoms with Gasteiger partial charge >= 0.3 is 0 Å². The van der Waals surface area contributed by atoms with Crippen molar-refractivity contribution in [2.45, 2.75) is 11.7 Å². The SMILES string of the molecule is O=S1(=O)CCNCCC1c1cccs1. The Morgan fingerprint density at radius 2 is 2.29 bits per heavy atom. The van der Waals surface area contributed by atoms with E-state index in [4.69, 9.17) is 0 Å². The molecule has 0 bridgehead atoms. The summed E-state index contributed by atoms with van der Waals surface area (Å²) in [5, 5.41) is 4.77. The quantitative estimate of drug-likeness (QED) is 0.790. The molecule has 1 aromatic rings. The summed E-state index contributed by atoms with van der Waals surface area (Å²) in [6.45, 7) is 1.38. The van der Waals surface area contributed by atoms with Crippen LogP contribution in [0.3, 0.4) is 0 Å². The standard InChI is InChI=1S/C9H13NO2S2/c11-14(12)7-5-10-4-3-9(14)8-2-1-6-13-8/h1-2,6,9-10H,3-5,7H2. The molecular formula is C9H13NO2S2. The van der Waals surface area contributed by atoms with Crippen LogP contribution in [0.5, 0.6) is 0 Å². The molecule has 0 aliphatic carbocycles. The van der Waals surface area contributed by atoms with Crippen LogP contribution in [0.2, 0.25) is 0 Å². The van der Waals surface area contributed by atoms with E-state index in [1.165, 1.54) is 11.3 Å². The fraction of sp³-hybridized carbons (Fsp3) is 0.556. The Balaban J connectivity index is 2.32. The van der Waals surface area contributed by atoms with Gasteiger partial charge in [0.15, 0.2) is 9.84 Å². The summed E-state index contributed by atoms with van der Waals surface area (Å²) < 4.78 is 23.7. The number of hydrogen-bond acceptors (Lipinski definition) is 4. The van der Waals surface area contributed by atoms with Crippen LogP contribution in [-0.2, 0) is 9.84 Å². The molecule has 1 N–H and O–H groups in total. The van der Waals surface area contributed by atoms with Crippen LogP contribution in [0.15, 0.2) is 17.5 Å². The zero-order valence-corrected chi connectivity index (χ0v) is 9.40. The molecule has 5 heteroatoms. The summed E-state index contributed by atoms with van der Waals surface area (Å²) >= 11 is 1.53. The predicted molar refractivity (Wildman–Crippen MR) is 58.3 cm³/mol. The Bertz CT molecular complexity index is 383. The lowest BCUT2D eigenvalue weighted by molar-refractivity contribution is 0.583. The summed E-state index contributed by atoms with van der Waals surface area (Å²) in [7, 11) is -2.94. The van der Waals surface area contributed by atoms with Gasteiger partial charge < -0.3 is 5.32 Å². The first-order valence-electron chi connectivity index (χ1n) is 4.66. The average molecular weight is 231 g/mol. The van der Waals surface area contributed by atoms with Gasteiger partial charge in [-0.3, -0.25) is 0 Å². The summed E-state index contributed by atoms with van der Waals surface area (Å²) in [4.78, 5) is 0.980. The molecule has 2 rings (SSSR count). The molecule has 0 aromatic carbocycles. The highest BCUT2D eigenvalue weighted by atomic mass is 32.2. The van der Waals surface area contributed by atoms with Crippen LogP contribution >= 0.6 is 11.3 Å². The first-order chi connectivity index (χ1) is 6.70. The first kappa shape index (κ1) is 10.1. The van der Waals surface area contributed by atoms with E-state index in [-0.39, 0.29) is 11.0 Å². The molecule has 1 aliphatic rings. The van der Waals surface area contributed by atoms with Crippen LogP contribution in [0.1, 0.15) is 16.5 Å². The second-order valence-electron chi connectivity index (χ2n) is 3.41. The molecule has 1 aromatic heterocycles. The van der Waals surface area contributed by atoms with E-state index in [0.29, 0.717) is 13.0 Å². The van der Waals surface area contributed by atoms with E-state index in [1.807, 2.05) is 17.5 Å². The molecule has 2 heterocycles. The highest BCUT2D eigenvalue weighted by Gasteiger charge is 2.29. The average Bonchev–Trinajstić information content (AvgIpc) is 2.57. The maximum atomic E-state index is 11.9. The third-order valence-corrected chi connectivity index (χ3v) is 5.71. The monoisotopic (exact) mass is 231 g/mol. The van der Waals surface area contributed by atoms with Gasteiger partial charge in [-0.2, -0.15) is 0 Å². The molecular weight excluding hydrogens is 218 g/mol. The van der Waals surface area contributed by atoms with Gasteiger partial charge in [0.25, 0.3) is 0 Å². The lowest BCUT2D eigenvalue weighted by Crippen LogP contribution is -2.19. The number of sulfone groups is 1. The molecule has 0 saturated carbocycles. The molecule has 1 unspecified atom stereocenters. The molecule has 0 radical (unpaired) electrons. The third kappa shape index (κ3) is 1.99. The normalized spacial score (nSPS) is 27.0. The Labute approximate surface area is 88.1 Å². The minimum Gasteiger partial charge on any atom is -0.316 e. The van der Waals surface area contributed by atoms with Crippen molar-refractivity contribution < 1.29 is 8.42 Å². The van der Waals surface area contributed by atoms with Gasteiger partial charge in [-0.05, 0) is 24.4 Å². The maximum absolute atomic E-state index is 11.9. The second kappa shape index (κ2) is 4.00. The fourth-order valence-electron chi connectivity index (χ4n) is 1.69. The molecule has 1 saturated heterocycles. The van der Waals surface area contributed by atoms with E-state index in [0.717, 1.165) is 11.4 Å². The van der Waals surface area contributed by atoms with Crippen LogP contribution in [0.25, 0.3) is 0 Å².